The van der Waals surface area contributed by atoms with Gasteiger partial charge < -0.3 is 5.32 Å². The van der Waals surface area contributed by atoms with Crippen molar-refractivity contribution in [1.82, 2.24) is 5.32 Å². The second-order valence-electron chi connectivity index (χ2n) is 4.45. The van der Waals surface area contributed by atoms with Crippen LogP contribution >= 0.6 is 11.6 Å². The van der Waals surface area contributed by atoms with E-state index in [4.69, 9.17) is 11.6 Å². The Kier molecular flexibility index (Phi) is 6.13. The Labute approximate surface area is 86.0 Å². The molecule has 0 aliphatic heterocycles. The Balaban J connectivity index is 3.37. The number of hydrogen-bond donors (Lipinski definition) is 1. The molecule has 0 saturated carbocycles. The maximum atomic E-state index is 11.1. The topological polar surface area (TPSA) is 29.1 Å². The van der Waals surface area contributed by atoms with Crippen LogP contribution in [0.4, 0.5) is 0 Å². The number of halogens is 1. The van der Waals surface area contributed by atoms with Crippen LogP contribution in [0.3, 0.4) is 0 Å². The van der Waals surface area contributed by atoms with E-state index < -0.39 is 0 Å². The molecular weight excluding hydrogens is 186 g/mol. The van der Waals surface area contributed by atoms with E-state index in [-0.39, 0.29) is 5.91 Å². The molecule has 0 aromatic rings. The van der Waals surface area contributed by atoms with Gasteiger partial charge in [-0.3, -0.25) is 4.79 Å². The normalized spacial score (nSPS) is 11.4. The predicted octanol–water partition coefficient (Wildman–Crippen LogP) is 2.56. The number of alkyl halides is 1. The van der Waals surface area contributed by atoms with Gasteiger partial charge in [-0.15, -0.1) is 11.6 Å². The molecule has 3 heteroatoms. The first kappa shape index (κ1) is 12.8. The molecule has 0 unspecified atom stereocenters. The van der Waals surface area contributed by atoms with Gasteiger partial charge in [0, 0.05) is 18.8 Å². The van der Waals surface area contributed by atoms with Crippen molar-refractivity contribution in [2.45, 2.75) is 40.0 Å². The molecule has 0 aromatic carbocycles. The molecule has 2 nitrogen and oxygen atoms in total. The summed E-state index contributed by atoms with van der Waals surface area (Å²) >= 11 is 5.47. The molecule has 0 aliphatic carbocycles. The van der Waals surface area contributed by atoms with Crippen LogP contribution in [-0.4, -0.2) is 18.3 Å². The zero-order chi connectivity index (χ0) is 10.3. The first-order valence-electron chi connectivity index (χ1n) is 4.78. The van der Waals surface area contributed by atoms with E-state index in [0.29, 0.717) is 17.7 Å². The number of rotatable bonds is 5. The molecule has 0 heterocycles. The molecule has 0 rings (SSSR count). The molecule has 0 bridgehead atoms. The zero-order valence-electron chi connectivity index (χ0n) is 8.82. The highest BCUT2D eigenvalue weighted by Crippen LogP contribution is 2.16. The summed E-state index contributed by atoms with van der Waals surface area (Å²) in [4.78, 5) is 11.1. The Hall–Kier alpha value is -0.240. The van der Waals surface area contributed by atoms with Gasteiger partial charge in [-0.1, -0.05) is 20.8 Å². The Morgan fingerprint density at radius 1 is 1.38 bits per heavy atom. The summed E-state index contributed by atoms with van der Waals surface area (Å²) in [5, 5.41) is 2.88. The third-order valence-electron chi connectivity index (χ3n) is 1.73. The van der Waals surface area contributed by atoms with Crippen molar-refractivity contribution in [2.75, 3.05) is 12.4 Å². The van der Waals surface area contributed by atoms with E-state index in [9.17, 15) is 4.79 Å². The van der Waals surface area contributed by atoms with Gasteiger partial charge in [0.1, 0.15) is 0 Å². The van der Waals surface area contributed by atoms with Crippen LogP contribution in [0.15, 0.2) is 0 Å². The van der Waals surface area contributed by atoms with E-state index in [1.165, 1.54) is 0 Å². The summed E-state index contributed by atoms with van der Waals surface area (Å²) in [5.74, 6) is 0.678. The molecule has 0 fully saturated rings. The lowest BCUT2D eigenvalue weighted by Gasteiger charge is -2.17. The molecule has 0 aromatic heterocycles. The molecule has 13 heavy (non-hydrogen) atoms. The third-order valence-corrected chi connectivity index (χ3v) is 2.00. The lowest BCUT2D eigenvalue weighted by Crippen LogP contribution is -2.26. The fourth-order valence-corrected chi connectivity index (χ4v) is 1.03. The minimum Gasteiger partial charge on any atom is -0.356 e. The maximum Gasteiger partial charge on any atom is 0.220 e. The van der Waals surface area contributed by atoms with Crippen LogP contribution in [0.2, 0.25) is 0 Å². The lowest BCUT2D eigenvalue weighted by molar-refractivity contribution is -0.121. The quantitative estimate of drug-likeness (QED) is 0.687. The van der Waals surface area contributed by atoms with Crippen molar-refractivity contribution in [1.29, 1.82) is 0 Å². The fourth-order valence-electron chi connectivity index (χ4n) is 0.893. The Bertz CT molecular complexity index is 151. The van der Waals surface area contributed by atoms with Crippen molar-refractivity contribution in [3.05, 3.63) is 0 Å². The number of hydrogen-bond acceptors (Lipinski definition) is 1. The third kappa shape index (κ3) is 9.68. The summed E-state index contributed by atoms with van der Waals surface area (Å²) in [6.07, 6.45) is 2.33. The van der Waals surface area contributed by atoms with Gasteiger partial charge in [0.15, 0.2) is 0 Å². The minimum atomic E-state index is 0.116. The lowest BCUT2D eigenvalue weighted by atomic mass is 9.92. The van der Waals surface area contributed by atoms with Crippen molar-refractivity contribution in [2.24, 2.45) is 5.41 Å². The molecule has 1 amide bonds. The predicted molar refractivity (Wildman–Crippen MR) is 57.0 cm³/mol. The van der Waals surface area contributed by atoms with Gasteiger partial charge in [0.25, 0.3) is 0 Å². The molecule has 0 saturated heterocycles. The molecule has 0 aliphatic rings. The molecule has 0 atom stereocenters. The maximum absolute atomic E-state index is 11.1. The second-order valence-corrected chi connectivity index (χ2v) is 4.83. The summed E-state index contributed by atoms with van der Waals surface area (Å²) in [6, 6.07) is 0. The first-order valence-corrected chi connectivity index (χ1v) is 5.32. The van der Waals surface area contributed by atoms with Crippen molar-refractivity contribution < 1.29 is 4.79 Å². The molecule has 78 valence electrons. The van der Waals surface area contributed by atoms with Crippen LogP contribution in [0.25, 0.3) is 0 Å². The number of carbonyl (C=O) groups excluding carboxylic acids is 1. The standard InChI is InChI=1S/C10H20ClNO/c1-10(2,3)6-8-12-9(13)5-4-7-11/h4-8H2,1-3H3,(H,12,13). The monoisotopic (exact) mass is 205 g/mol. The van der Waals surface area contributed by atoms with Gasteiger partial charge in [-0.25, -0.2) is 0 Å². The Morgan fingerprint density at radius 3 is 2.46 bits per heavy atom. The van der Waals surface area contributed by atoms with Crippen molar-refractivity contribution >= 4 is 17.5 Å². The second kappa shape index (κ2) is 6.25. The minimum absolute atomic E-state index is 0.116. The van der Waals surface area contributed by atoms with Crippen molar-refractivity contribution in [3.63, 3.8) is 0 Å². The fraction of sp³-hybridized carbons (Fsp3) is 0.900. The van der Waals surface area contributed by atoms with E-state index in [1.807, 2.05) is 0 Å². The van der Waals surface area contributed by atoms with Gasteiger partial charge in [0.05, 0.1) is 0 Å². The molecule has 0 radical (unpaired) electrons. The van der Waals surface area contributed by atoms with E-state index >= 15 is 0 Å². The average Bonchev–Trinajstić information content (AvgIpc) is 1.98. The smallest absolute Gasteiger partial charge is 0.220 e. The summed E-state index contributed by atoms with van der Waals surface area (Å²) in [6.45, 7) is 7.26. The van der Waals surface area contributed by atoms with E-state index in [2.05, 4.69) is 26.1 Å². The van der Waals surface area contributed by atoms with Crippen LogP contribution in [0.1, 0.15) is 40.0 Å². The van der Waals surface area contributed by atoms with Crippen molar-refractivity contribution in [3.8, 4) is 0 Å². The van der Waals surface area contributed by atoms with Crippen LogP contribution in [0.5, 0.6) is 0 Å². The number of amides is 1. The molecule has 1 N–H and O–H groups in total. The van der Waals surface area contributed by atoms with Crippen LogP contribution in [-0.2, 0) is 4.79 Å². The van der Waals surface area contributed by atoms with Gasteiger partial charge in [-0.2, -0.15) is 0 Å². The van der Waals surface area contributed by atoms with Gasteiger partial charge >= 0.3 is 0 Å². The van der Waals surface area contributed by atoms with Gasteiger partial charge in [-0.05, 0) is 18.3 Å². The Morgan fingerprint density at radius 2 is 2.00 bits per heavy atom. The highest BCUT2D eigenvalue weighted by Gasteiger charge is 2.09. The van der Waals surface area contributed by atoms with E-state index in [0.717, 1.165) is 19.4 Å². The summed E-state index contributed by atoms with van der Waals surface area (Å²) in [7, 11) is 0. The SMILES string of the molecule is CC(C)(C)CCNC(=O)CCCCl. The number of nitrogens with one attached hydrogen (secondary N) is 1. The van der Waals surface area contributed by atoms with Crippen LogP contribution in [0, 0.1) is 5.41 Å². The van der Waals surface area contributed by atoms with Crippen LogP contribution < -0.4 is 5.32 Å². The summed E-state index contributed by atoms with van der Waals surface area (Å²) < 4.78 is 0. The first-order chi connectivity index (χ1) is 5.95. The highest BCUT2D eigenvalue weighted by atomic mass is 35.5. The van der Waals surface area contributed by atoms with E-state index in [1.54, 1.807) is 0 Å². The molecular formula is C10H20ClNO. The number of carbonyl (C=O) groups is 1. The zero-order valence-corrected chi connectivity index (χ0v) is 9.58. The largest absolute Gasteiger partial charge is 0.356 e. The average molecular weight is 206 g/mol. The highest BCUT2D eigenvalue weighted by molar-refractivity contribution is 6.17. The summed E-state index contributed by atoms with van der Waals surface area (Å²) in [5.41, 5.74) is 0.291. The molecule has 0 spiro atoms. The van der Waals surface area contributed by atoms with Gasteiger partial charge in [0.2, 0.25) is 5.91 Å².